The Morgan fingerprint density at radius 2 is 2.25 bits per heavy atom. The Hall–Kier alpha value is -0.750. The van der Waals surface area contributed by atoms with Gasteiger partial charge in [-0.05, 0) is 30.8 Å². The maximum atomic E-state index is 6.24. The molecule has 0 saturated carbocycles. The average molecular weight is 309 g/mol. The van der Waals surface area contributed by atoms with E-state index in [1.54, 1.807) is 11.3 Å². The zero-order valence-electron chi connectivity index (χ0n) is 11.3. The molecule has 0 aromatic carbocycles. The number of thiophene rings is 1. The summed E-state index contributed by atoms with van der Waals surface area (Å²) in [5.74, 6) is 0.858. The molecule has 2 aliphatic heterocycles. The van der Waals surface area contributed by atoms with Crippen LogP contribution in [0.4, 0.5) is 0 Å². The molecule has 2 aliphatic rings. The Bertz CT molecular complexity index is 629. The minimum atomic E-state index is 0.589. The molecular weight excluding hydrogens is 292 g/mol. The van der Waals surface area contributed by atoms with Crippen LogP contribution in [-0.2, 0) is 6.54 Å². The predicted molar refractivity (Wildman–Crippen MR) is 82.3 cm³/mol. The summed E-state index contributed by atoms with van der Waals surface area (Å²) >= 11 is 7.87. The van der Waals surface area contributed by atoms with Crippen LogP contribution in [0.25, 0.3) is 10.2 Å². The lowest BCUT2D eigenvalue weighted by Gasteiger charge is -2.37. The van der Waals surface area contributed by atoms with Gasteiger partial charge < -0.3 is 0 Å². The molecule has 2 saturated heterocycles. The summed E-state index contributed by atoms with van der Waals surface area (Å²) in [6.07, 6.45) is 2.68. The number of piperazine rings is 1. The standard InChI is InChI=1S/C14H17ClN4S/c15-13-11-3-7-20-14(11)17-12(16-13)9-18-5-6-19-4-1-2-10(19)8-18/h3,7,10H,1-2,4-6,8-9H2. The van der Waals surface area contributed by atoms with E-state index >= 15 is 0 Å². The van der Waals surface area contributed by atoms with Crippen molar-refractivity contribution in [2.24, 2.45) is 0 Å². The second-order valence-corrected chi connectivity index (χ2v) is 6.89. The molecule has 1 atom stereocenters. The molecular formula is C14H17ClN4S. The number of aromatic nitrogens is 2. The number of hydrogen-bond acceptors (Lipinski definition) is 5. The van der Waals surface area contributed by atoms with Crippen LogP contribution in [0.2, 0.25) is 5.15 Å². The van der Waals surface area contributed by atoms with Crippen molar-refractivity contribution >= 4 is 33.2 Å². The molecule has 0 radical (unpaired) electrons. The molecule has 2 aromatic rings. The molecule has 0 amide bonds. The smallest absolute Gasteiger partial charge is 0.145 e. The molecule has 0 aliphatic carbocycles. The van der Waals surface area contributed by atoms with Gasteiger partial charge in [0.25, 0.3) is 0 Å². The lowest BCUT2D eigenvalue weighted by Crippen LogP contribution is -2.49. The van der Waals surface area contributed by atoms with E-state index in [2.05, 4.69) is 19.8 Å². The first kappa shape index (κ1) is 13.0. The van der Waals surface area contributed by atoms with Gasteiger partial charge in [0.2, 0.25) is 0 Å². The first-order valence-electron chi connectivity index (χ1n) is 7.15. The summed E-state index contributed by atoms with van der Waals surface area (Å²) in [4.78, 5) is 15.2. The van der Waals surface area contributed by atoms with Gasteiger partial charge in [-0.3, -0.25) is 9.80 Å². The van der Waals surface area contributed by atoms with Crippen molar-refractivity contribution in [1.29, 1.82) is 0 Å². The Morgan fingerprint density at radius 1 is 1.30 bits per heavy atom. The number of fused-ring (bicyclic) bond motifs is 2. The third-order valence-electron chi connectivity index (χ3n) is 4.36. The van der Waals surface area contributed by atoms with Crippen LogP contribution in [0.5, 0.6) is 0 Å². The molecule has 4 heterocycles. The molecule has 0 N–H and O–H groups in total. The minimum absolute atomic E-state index is 0.589. The van der Waals surface area contributed by atoms with Crippen molar-refractivity contribution in [2.45, 2.75) is 25.4 Å². The van der Waals surface area contributed by atoms with Crippen molar-refractivity contribution in [2.75, 3.05) is 26.2 Å². The molecule has 1 unspecified atom stereocenters. The van der Waals surface area contributed by atoms with Gasteiger partial charge in [-0.2, -0.15) is 0 Å². The lowest BCUT2D eigenvalue weighted by atomic mass is 10.1. The molecule has 106 valence electrons. The summed E-state index contributed by atoms with van der Waals surface area (Å²) in [6, 6.07) is 2.73. The normalized spacial score (nSPS) is 24.4. The van der Waals surface area contributed by atoms with E-state index in [-0.39, 0.29) is 0 Å². The fraction of sp³-hybridized carbons (Fsp3) is 0.571. The summed E-state index contributed by atoms with van der Waals surface area (Å²) in [5, 5.41) is 3.58. The van der Waals surface area contributed by atoms with Gasteiger partial charge in [0, 0.05) is 31.1 Å². The summed E-state index contributed by atoms with van der Waals surface area (Å²) in [6.45, 7) is 5.53. The fourth-order valence-electron chi connectivity index (χ4n) is 3.33. The van der Waals surface area contributed by atoms with E-state index < -0.39 is 0 Å². The first-order valence-corrected chi connectivity index (χ1v) is 8.41. The number of rotatable bonds is 2. The van der Waals surface area contributed by atoms with Gasteiger partial charge in [-0.1, -0.05) is 11.6 Å². The van der Waals surface area contributed by atoms with Crippen molar-refractivity contribution in [3.8, 4) is 0 Å². The molecule has 2 fully saturated rings. The van der Waals surface area contributed by atoms with Gasteiger partial charge in [0.1, 0.15) is 15.8 Å². The Labute approximate surface area is 127 Å². The van der Waals surface area contributed by atoms with Crippen molar-refractivity contribution < 1.29 is 0 Å². The van der Waals surface area contributed by atoms with E-state index in [1.165, 1.54) is 25.9 Å². The molecule has 0 bridgehead atoms. The van der Waals surface area contributed by atoms with Crippen LogP contribution in [0.3, 0.4) is 0 Å². The molecule has 20 heavy (non-hydrogen) atoms. The quantitative estimate of drug-likeness (QED) is 0.798. The molecule has 0 spiro atoms. The average Bonchev–Trinajstić information content (AvgIpc) is 3.06. The SMILES string of the molecule is Clc1nc(CN2CCN3CCCC3C2)nc2sccc12. The van der Waals surface area contributed by atoms with Gasteiger partial charge in [0.05, 0.1) is 6.54 Å². The third kappa shape index (κ3) is 2.33. The van der Waals surface area contributed by atoms with Crippen LogP contribution in [-0.4, -0.2) is 52.0 Å². The number of hydrogen-bond donors (Lipinski definition) is 0. The van der Waals surface area contributed by atoms with Gasteiger partial charge in [-0.25, -0.2) is 9.97 Å². The summed E-state index contributed by atoms with van der Waals surface area (Å²) in [5.41, 5.74) is 0. The Balaban J connectivity index is 1.52. The summed E-state index contributed by atoms with van der Waals surface area (Å²) < 4.78 is 0. The highest BCUT2D eigenvalue weighted by molar-refractivity contribution is 7.16. The maximum absolute atomic E-state index is 6.24. The fourth-order valence-corrected chi connectivity index (χ4v) is 4.42. The highest BCUT2D eigenvalue weighted by Gasteiger charge is 2.30. The van der Waals surface area contributed by atoms with Gasteiger partial charge in [-0.15, -0.1) is 11.3 Å². The van der Waals surface area contributed by atoms with E-state index in [0.717, 1.165) is 41.7 Å². The van der Waals surface area contributed by atoms with Crippen LogP contribution in [0.1, 0.15) is 18.7 Å². The predicted octanol–water partition coefficient (Wildman–Crippen LogP) is 2.62. The zero-order valence-corrected chi connectivity index (χ0v) is 12.8. The van der Waals surface area contributed by atoms with E-state index in [4.69, 9.17) is 11.6 Å². The van der Waals surface area contributed by atoms with Gasteiger partial charge >= 0.3 is 0 Å². The monoisotopic (exact) mass is 308 g/mol. The Morgan fingerprint density at radius 3 is 3.20 bits per heavy atom. The van der Waals surface area contributed by atoms with Gasteiger partial charge in [0.15, 0.2) is 0 Å². The van der Waals surface area contributed by atoms with Crippen LogP contribution in [0.15, 0.2) is 11.4 Å². The maximum Gasteiger partial charge on any atom is 0.145 e. The number of halogens is 1. The highest BCUT2D eigenvalue weighted by Crippen LogP contribution is 2.26. The van der Waals surface area contributed by atoms with Crippen molar-refractivity contribution in [1.82, 2.24) is 19.8 Å². The Kier molecular flexibility index (Phi) is 3.38. The molecule has 6 heteroatoms. The topological polar surface area (TPSA) is 32.3 Å². The zero-order chi connectivity index (χ0) is 13.5. The highest BCUT2D eigenvalue weighted by atomic mass is 35.5. The van der Waals surface area contributed by atoms with Crippen molar-refractivity contribution in [3.63, 3.8) is 0 Å². The molecule has 4 nitrogen and oxygen atoms in total. The third-order valence-corrected chi connectivity index (χ3v) is 5.46. The number of nitrogens with zero attached hydrogens (tertiary/aromatic N) is 4. The van der Waals surface area contributed by atoms with Crippen LogP contribution in [0, 0.1) is 0 Å². The second kappa shape index (κ2) is 5.22. The van der Waals surface area contributed by atoms with E-state index in [9.17, 15) is 0 Å². The van der Waals surface area contributed by atoms with Crippen molar-refractivity contribution in [3.05, 3.63) is 22.4 Å². The van der Waals surface area contributed by atoms with E-state index in [0.29, 0.717) is 5.15 Å². The van der Waals surface area contributed by atoms with Crippen LogP contribution >= 0.6 is 22.9 Å². The van der Waals surface area contributed by atoms with E-state index in [1.807, 2.05) is 11.4 Å². The van der Waals surface area contributed by atoms with Crippen LogP contribution < -0.4 is 0 Å². The lowest BCUT2D eigenvalue weighted by molar-refractivity contribution is 0.0975. The first-order chi connectivity index (χ1) is 9.79. The summed E-state index contributed by atoms with van der Waals surface area (Å²) in [7, 11) is 0. The molecule has 2 aromatic heterocycles. The minimum Gasteiger partial charge on any atom is -0.298 e. The largest absolute Gasteiger partial charge is 0.298 e. The second-order valence-electron chi connectivity index (χ2n) is 5.64. The molecule has 4 rings (SSSR count).